The van der Waals surface area contributed by atoms with E-state index in [1.54, 1.807) is 0 Å². The van der Waals surface area contributed by atoms with E-state index in [-0.39, 0.29) is 39.8 Å². The fourth-order valence-corrected chi connectivity index (χ4v) is 2.32. The van der Waals surface area contributed by atoms with Gasteiger partial charge in [0.05, 0.1) is 0 Å². The first kappa shape index (κ1) is 14.9. The van der Waals surface area contributed by atoms with E-state index >= 15 is 0 Å². The van der Waals surface area contributed by atoms with Crippen LogP contribution in [0.5, 0.6) is 0 Å². The summed E-state index contributed by atoms with van der Waals surface area (Å²) in [6.45, 7) is 0. The lowest BCUT2D eigenvalue weighted by Crippen LogP contribution is -2.10. The molecule has 0 radical (unpaired) electrons. The van der Waals surface area contributed by atoms with Crippen molar-refractivity contribution < 1.29 is 13.6 Å². The Morgan fingerprint density at radius 3 is 1.60 bits per heavy atom. The van der Waals surface area contributed by atoms with Gasteiger partial charge in [-0.05, 0) is 24.3 Å². The zero-order valence-corrected chi connectivity index (χ0v) is 11.8. The number of carbonyl (C=O) groups excluding carboxylic acids is 1. The fourth-order valence-electron chi connectivity index (χ4n) is 1.86. The van der Waals surface area contributed by atoms with Gasteiger partial charge < -0.3 is 0 Å². The van der Waals surface area contributed by atoms with Crippen molar-refractivity contribution in [1.82, 2.24) is 0 Å². The van der Waals surface area contributed by atoms with E-state index in [9.17, 15) is 13.6 Å². The fraction of sp³-hybridized carbons (Fsp3) is 0.133. The minimum atomic E-state index is -0.550. The maximum atomic E-state index is 13.6. The second-order valence-electron chi connectivity index (χ2n) is 4.29. The topological polar surface area (TPSA) is 17.1 Å². The quantitative estimate of drug-likeness (QED) is 0.804. The van der Waals surface area contributed by atoms with Crippen molar-refractivity contribution in [3.63, 3.8) is 0 Å². The molecule has 0 aliphatic heterocycles. The first-order valence-corrected chi connectivity index (χ1v) is 6.62. The van der Waals surface area contributed by atoms with Crippen LogP contribution in [0.4, 0.5) is 8.78 Å². The van der Waals surface area contributed by atoms with E-state index in [0.717, 1.165) is 0 Å². The molecule has 20 heavy (non-hydrogen) atoms. The van der Waals surface area contributed by atoms with Gasteiger partial charge in [0.1, 0.15) is 17.4 Å². The summed E-state index contributed by atoms with van der Waals surface area (Å²) in [6.07, 6.45) is -0.396. The zero-order chi connectivity index (χ0) is 14.7. The summed E-state index contributed by atoms with van der Waals surface area (Å²) in [5.74, 6) is -1.46. The van der Waals surface area contributed by atoms with Gasteiger partial charge in [0, 0.05) is 34.0 Å². The number of ketones is 1. The van der Waals surface area contributed by atoms with E-state index in [1.807, 2.05) is 0 Å². The van der Waals surface area contributed by atoms with Crippen LogP contribution in [-0.4, -0.2) is 5.78 Å². The van der Waals surface area contributed by atoms with Crippen molar-refractivity contribution in [1.29, 1.82) is 0 Å². The molecule has 0 N–H and O–H groups in total. The molecule has 0 saturated heterocycles. The Morgan fingerprint density at radius 1 is 0.850 bits per heavy atom. The normalized spacial score (nSPS) is 10.6. The molecule has 104 valence electrons. The minimum absolute atomic E-state index is 0.117. The van der Waals surface area contributed by atoms with Gasteiger partial charge in [-0.25, -0.2) is 8.78 Å². The third-order valence-corrected chi connectivity index (χ3v) is 3.58. The summed E-state index contributed by atoms with van der Waals surface area (Å²) >= 11 is 11.7. The molecule has 0 spiro atoms. The number of Topliss-reactive ketones (excluding diaryl/α,β-unsaturated/α-hetero) is 1. The molecule has 1 nitrogen and oxygen atoms in total. The third kappa shape index (κ3) is 3.35. The van der Waals surface area contributed by atoms with Crippen molar-refractivity contribution in [2.45, 2.75) is 12.8 Å². The smallest absolute Gasteiger partial charge is 0.141 e. The second kappa shape index (κ2) is 6.33. The van der Waals surface area contributed by atoms with Crippen LogP contribution in [0, 0.1) is 11.6 Å². The number of benzene rings is 2. The highest BCUT2D eigenvalue weighted by molar-refractivity contribution is 6.32. The van der Waals surface area contributed by atoms with Crippen molar-refractivity contribution in [2.24, 2.45) is 0 Å². The van der Waals surface area contributed by atoms with Crippen LogP contribution in [0.25, 0.3) is 0 Å². The molecular formula is C15H10Cl2F2O. The lowest BCUT2D eigenvalue weighted by atomic mass is 10.0. The largest absolute Gasteiger partial charge is 0.299 e. The van der Waals surface area contributed by atoms with Crippen LogP contribution < -0.4 is 0 Å². The highest BCUT2D eigenvalue weighted by atomic mass is 35.5. The zero-order valence-electron chi connectivity index (χ0n) is 10.3. The standard InChI is InChI=1S/C15H10Cl2F2O/c16-12-3-1-5-14(18)10(12)7-9(20)8-11-13(17)4-2-6-15(11)19/h1-6H,7-8H2. The van der Waals surface area contributed by atoms with Gasteiger partial charge in [0.2, 0.25) is 0 Å². The highest BCUT2D eigenvalue weighted by Gasteiger charge is 2.15. The first-order chi connectivity index (χ1) is 9.49. The Morgan fingerprint density at radius 2 is 1.25 bits per heavy atom. The Bertz CT molecular complexity index is 560. The molecule has 0 heterocycles. The van der Waals surface area contributed by atoms with E-state index in [2.05, 4.69) is 0 Å². The Balaban J connectivity index is 2.18. The third-order valence-electron chi connectivity index (χ3n) is 2.87. The number of hydrogen-bond donors (Lipinski definition) is 0. The Hall–Kier alpha value is -1.45. The average molecular weight is 315 g/mol. The summed E-state index contributed by atoms with van der Waals surface area (Å²) in [5.41, 5.74) is 0.234. The highest BCUT2D eigenvalue weighted by Crippen LogP contribution is 2.23. The van der Waals surface area contributed by atoms with Crippen molar-refractivity contribution >= 4 is 29.0 Å². The maximum absolute atomic E-state index is 13.6. The molecule has 0 aliphatic carbocycles. The molecule has 0 atom stereocenters. The predicted molar refractivity (Wildman–Crippen MR) is 75.2 cm³/mol. The molecule has 5 heteroatoms. The molecule has 0 aliphatic rings. The minimum Gasteiger partial charge on any atom is -0.299 e. The predicted octanol–water partition coefficient (Wildman–Crippen LogP) is 4.63. The van der Waals surface area contributed by atoms with Gasteiger partial charge in [-0.2, -0.15) is 0 Å². The Kier molecular flexibility index (Phi) is 4.73. The van der Waals surface area contributed by atoms with E-state index in [4.69, 9.17) is 23.2 Å². The molecule has 2 aromatic rings. The number of carbonyl (C=O) groups is 1. The summed E-state index contributed by atoms with van der Waals surface area (Å²) in [7, 11) is 0. The van der Waals surface area contributed by atoms with Gasteiger partial charge in [0.25, 0.3) is 0 Å². The molecule has 0 amide bonds. The van der Waals surface area contributed by atoms with E-state index < -0.39 is 11.6 Å². The van der Waals surface area contributed by atoms with Crippen LogP contribution >= 0.6 is 23.2 Å². The average Bonchev–Trinajstić information content (AvgIpc) is 2.39. The van der Waals surface area contributed by atoms with Crippen molar-refractivity contribution in [3.8, 4) is 0 Å². The molecular weight excluding hydrogens is 305 g/mol. The lowest BCUT2D eigenvalue weighted by Gasteiger charge is -2.07. The number of rotatable bonds is 4. The van der Waals surface area contributed by atoms with Crippen LogP contribution in [0.2, 0.25) is 10.0 Å². The molecule has 0 aromatic heterocycles. The first-order valence-electron chi connectivity index (χ1n) is 5.86. The van der Waals surface area contributed by atoms with Crippen LogP contribution in [-0.2, 0) is 17.6 Å². The van der Waals surface area contributed by atoms with Gasteiger partial charge >= 0.3 is 0 Å². The SMILES string of the molecule is O=C(Cc1c(F)cccc1Cl)Cc1c(F)cccc1Cl. The summed E-state index contributed by atoms with van der Waals surface area (Å²) < 4.78 is 27.1. The van der Waals surface area contributed by atoms with Crippen molar-refractivity contribution in [3.05, 3.63) is 69.2 Å². The molecule has 0 saturated carbocycles. The molecule has 0 bridgehead atoms. The van der Waals surface area contributed by atoms with Gasteiger partial charge in [-0.1, -0.05) is 35.3 Å². The summed E-state index contributed by atoms with van der Waals surface area (Å²) in [5, 5.41) is 0.357. The van der Waals surface area contributed by atoms with Gasteiger partial charge in [-0.3, -0.25) is 4.79 Å². The summed E-state index contributed by atoms with van der Waals surface area (Å²) in [6, 6.07) is 8.38. The lowest BCUT2D eigenvalue weighted by molar-refractivity contribution is -0.117. The monoisotopic (exact) mass is 314 g/mol. The van der Waals surface area contributed by atoms with Crippen LogP contribution in [0.3, 0.4) is 0 Å². The second-order valence-corrected chi connectivity index (χ2v) is 5.11. The van der Waals surface area contributed by atoms with Gasteiger partial charge in [0.15, 0.2) is 0 Å². The number of hydrogen-bond acceptors (Lipinski definition) is 1. The molecule has 0 fully saturated rings. The molecule has 2 aromatic carbocycles. The summed E-state index contributed by atoms with van der Waals surface area (Å²) in [4.78, 5) is 11.9. The molecule has 2 rings (SSSR count). The maximum Gasteiger partial charge on any atom is 0.141 e. The molecule has 0 unspecified atom stereocenters. The van der Waals surface area contributed by atoms with Crippen LogP contribution in [0.15, 0.2) is 36.4 Å². The van der Waals surface area contributed by atoms with Gasteiger partial charge in [-0.15, -0.1) is 0 Å². The van der Waals surface area contributed by atoms with Crippen molar-refractivity contribution in [2.75, 3.05) is 0 Å². The Labute approximate surface area is 125 Å². The van der Waals surface area contributed by atoms with Crippen LogP contribution in [0.1, 0.15) is 11.1 Å². The van der Waals surface area contributed by atoms with E-state index in [0.29, 0.717) is 0 Å². The van der Waals surface area contributed by atoms with E-state index in [1.165, 1.54) is 36.4 Å². The number of halogens is 4.